The van der Waals surface area contributed by atoms with Gasteiger partial charge in [0, 0.05) is 219 Å². The van der Waals surface area contributed by atoms with Crippen LogP contribution in [0.25, 0.3) is 118 Å². The molecule has 0 saturated heterocycles. The van der Waals surface area contributed by atoms with Crippen molar-refractivity contribution in [2.24, 2.45) is 0 Å². The third-order valence-electron chi connectivity index (χ3n) is 24.3. The van der Waals surface area contributed by atoms with Crippen molar-refractivity contribution in [3.8, 4) is 96.5 Å². The predicted octanol–water partition coefficient (Wildman–Crippen LogP) is 30.9. The van der Waals surface area contributed by atoms with Crippen LogP contribution in [0.15, 0.2) is 321 Å². The summed E-state index contributed by atoms with van der Waals surface area (Å²) >= 11 is 0. The first kappa shape index (κ1) is 106. The van der Waals surface area contributed by atoms with Gasteiger partial charge in [0.1, 0.15) is 11.2 Å². The number of rotatable bonds is 19. The van der Waals surface area contributed by atoms with E-state index in [1.54, 1.807) is 0 Å². The maximum Gasteiger partial charge on any atom is 0.140 e. The van der Waals surface area contributed by atoms with Crippen LogP contribution in [0.5, 0.6) is 0 Å². The van der Waals surface area contributed by atoms with Crippen LogP contribution in [0.2, 0.25) is 0 Å². The summed E-state index contributed by atoms with van der Waals surface area (Å²) in [6.45, 7) is 42.1. The summed E-state index contributed by atoms with van der Waals surface area (Å²) in [6, 6.07) is 105. The van der Waals surface area contributed by atoms with Gasteiger partial charge >= 0.3 is 0 Å². The van der Waals surface area contributed by atoms with Crippen LogP contribution >= 0.6 is 0 Å². The first-order chi connectivity index (χ1) is 62.9. The van der Waals surface area contributed by atoms with Gasteiger partial charge in [-0.05, 0) is 165 Å². The van der Waals surface area contributed by atoms with Crippen molar-refractivity contribution >= 4 is 21.9 Å². The molecule has 2 unspecified atom stereocenters. The van der Waals surface area contributed by atoms with Crippen LogP contribution in [0.4, 0.5) is 0 Å². The fourth-order valence-corrected chi connectivity index (χ4v) is 18.0. The average Bonchev–Trinajstić information content (AvgIpc) is 1.58. The quantitative estimate of drug-likeness (QED) is 0.0748. The van der Waals surface area contributed by atoms with Gasteiger partial charge in [-0.1, -0.05) is 219 Å². The first-order valence-corrected chi connectivity index (χ1v) is 45.6. The number of imidazole rings is 5. The molecule has 135 heavy (non-hydrogen) atoms. The molecule has 11 nitrogen and oxygen atoms in total. The summed E-state index contributed by atoms with van der Waals surface area (Å²) < 4.78 is 17.5. The Morgan fingerprint density at radius 1 is 0.296 bits per heavy atom. The molecule has 6 aromatic heterocycles. The zero-order chi connectivity index (χ0) is 91.4. The normalized spacial score (nSPS) is 11.3. The SMILES string of the molecule is CC(C)c1cc2c(oc3ccccc32)c(C(C)C)c1-n1ccnc1-c1[c-]cccc1.CCC(C)c1cc(C)cc(C)c1-n1ccnc1-c1[c-]cccc1.Cc1cc(C)c(-n2ccnc2-c2[c-]cccc2)c(C(C)C)c1.Cc1cc(C)c(-n2ccnc2-c2[c-]cccc2)c(C(C)c2ccccc2)c1.Cc1cccc(-c2cc(C)cc(C(C)C)c2-n2ccnc2-c2[c-]cccc2)c1.[Ir].[Ir].[Ir].[Ir].[Ir]. The van der Waals surface area contributed by atoms with E-state index in [0.29, 0.717) is 23.7 Å². The van der Waals surface area contributed by atoms with E-state index in [-0.39, 0.29) is 112 Å². The number of benzene rings is 13. The molecule has 0 saturated carbocycles. The van der Waals surface area contributed by atoms with Crippen molar-refractivity contribution in [1.29, 1.82) is 0 Å². The predicted molar refractivity (Wildman–Crippen MR) is 539 cm³/mol. The zero-order valence-corrected chi connectivity index (χ0v) is 92.2. The van der Waals surface area contributed by atoms with Gasteiger partial charge in [-0.2, -0.15) is 0 Å². The standard InChI is InChI=1S/C27H25N2O.C26H25N2.C25H23N2.C21H23N2.C20H21N2.5Ir/c1-17(2)21-16-22-20-12-8-9-13-23(20)30-26(22)24(18(3)4)25(21)29-15-14-28-27(29)19-10-6-5-7-11-19;1-18(2)23-16-20(4)17-24(22-12-8-9-19(3)15-22)25(23)28-14-13-27-26(28)21-10-6-5-7-11-21;1-18-16-19(2)24(23(17-18)20(3)21-10-6-4-7-11-21)27-15-14-26-25(27)22-12-8-5-9-13-22;1-5-16(3)19-14-15(2)13-17(4)20(19)23-12-11-22-21(23)18-9-7-6-8-10-18;1-14(2)18-13-15(3)12-16(4)19(18)22-11-10-21-20(22)17-8-6-5-7-9-17;;;;;/h5-10,12-18H,1-4H3;5-10,12-18H,1-4H3;4-12,14-17,20H,1-3H3;6-9,11-14,16H,5H2,1-4H3;5-8,10-14H,1-4H3;;;;;/q5*-1;;;;;. The molecular weight excluding hydrogens is 2550 g/mol. The molecule has 5 radical (unpaired) electrons. The van der Waals surface area contributed by atoms with Crippen molar-refractivity contribution in [3.05, 3.63) is 431 Å². The van der Waals surface area contributed by atoms with Gasteiger partial charge in [-0.25, -0.2) is 0 Å². The molecule has 0 aliphatic heterocycles. The van der Waals surface area contributed by atoms with E-state index in [4.69, 9.17) is 4.42 Å². The Hall–Kier alpha value is -11.0. The molecular formula is C119H117Ir5N10O-5. The molecule has 19 rings (SSSR count). The van der Waals surface area contributed by atoms with Gasteiger partial charge in [0.25, 0.3) is 0 Å². The minimum Gasteiger partial charge on any atom is -0.456 e. The molecule has 0 N–H and O–H groups in total. The molecule has 19 aromatic rings. The second-order valence-corrected chi connectivity index (χ2v) is 35.4. The minimum absolute atomic E-state index is 0. The molecule has 13 aromatic carbocycles. The van der Waals surface area contributed by atoms with E-state index >= 15 is 0 Å². The van der Waals surface area contributed by atoms with Crippen molar-refractivity contribution < 1.29 is 105 Å². The Bertz CT molecular complexity index is 7050. The van der Waals surface area contributed by atoms with Crippen LogP contribution < -0.4 is 0 Å². The van der Waals surface area contributed by atoms with E-state index in [1.807, 2.05) is 134 Å². The number of aromatic nitrogens is 10. The average molecular weight is 2660 g/mol. The zero-order valence-electron chi connectivity index (χ0n) is 80.2. The molecule has 0 aliphatic carbocycles. The number of fused-ring (bicyclic) bond motifs is 3. The van der Waals surface area contributed by atoms with Gasteiger partial charge in [0.05, 0.1) is 29.1 Å². The van der Waals surface area contributed by atoms with Crippen molar-refractivity contribution in [3.63, 3.8) is 0 Å². The van der Waals surface area contributed by atoms with E-state index < -0.39 is 0 Å². The van der Waals surface area contributed by atoms with E-state index in [9.17, 15) is 0 Å². The Kier molecular flexibility index (Phi) is 38.2. The molecule has 0 bridgehead atoms. The Morgan fingerprint density at radius 3 is 1.02 bits per heavy atom. The third-order valence-corrected chi connectivity index (χ3v) is 24.3. The fourth-order valence-electron chi connectivity index (χ4n) is 18.0. The van der Waals surface area contributed by atoms with Crippen LogP contribution in [0.3, 0.4) is 0 Å². The summed E-state index contributed by atoms with van der Waals surface area (Å²) in [5.74, 6) is 6.92. The van der Waals surface area contributed by atoms with Gasteiger partial charge < -0.3 is 27.3 Å². The van der Waals surface area contributed by atoms with Crippen molar-refractivity contribution in [2.45, 2.75) is 173 Å². The molecule has 0 spiro atoms. The largest absolute Gasteiger partial charge is 0.456 e. The Morgan fingerprint density at radius 2 is 0.637 bits per heavy atom. The van der Waals surface area contributed by atoms with E-state index in [2.05, 4.69) is 392 Å². The minimum atomic E-state index is 0. The summed E-state index contributed by atoms with van der Waals surface area (Å²) in [5, 5.41) is 2.36. The third kappa shape index (κ3) is 24.0. The first-order valence-electron chi connectivity index (χ1n) is 45.6. The molecule has 6 heterocycles. The van der Waals surface area contributed by atoms with E-state index in [1.165, 1.54) is 134 Å². The number of hydrogen-bond donors (Lipinski definition) is 0. The molecule has 699 valence electrons. The number of para-hydroxylation sites is 1. The second kappa shape index (κ2) is 48.6. The van der Waals surface area contributed by atoms with Gasteiger partial charge in [-0.15, -0.1) is 179 Å². The van der Waals surface area contributed by atoms with Crippen LogP contribution in [-0.4, -0.2) is 47.8 Å². The summed E-state index contributed by atoms with van der Waals surface area (Å²) in [7, 11) is 0. The van der Waals surface area contributed by atoms with Gasteiger partial charge in [0.15, 0.2) is 0 Å². The van der Waals surface area contributed by atoms with Crippen molar-refractivity contribution in [1.82, 2.24) is 47.8 Å². The van der Waals surface area contributed by atoms with Gasteiger partial charge in [-0.3, -0.25) is 24.9 Å². The Labute approximate surface area is 867 Å². The summed E-state index contributed by atoms with van der Waals surface area (Å²) in [5.41, 5.74) is 35.0. The maximum absolute atomic E-state index is 6.42. The topological polar surface area (TPSA) is 102 Å². The van der Waals surface area contributed by atoms with Crippen LogP contribution in [-0.2, 0) is 101 Å². The van der Waals surface area contributed by atoms with E-state index in [0.717, 1.165) is 74.5 Å². The van der Waals surface area contributed by atoms with Gasteiger partial charge in [0.2, 0.25) is 0 Å². The van der Waals surface area contributed by atoms with Crippen LogP contribution in [0.1, 0.15) is 202 Å². The second-order valence-electron chi connectivity index (χ2n) is 35.4. The molecule has 0 aliphatic rings. The monoisotopic (exact) mass is 2670 g/mol. The van der Waals surface area contributed by atoms with Crippen LogP contribution in [0, 0.1) is 85.7 Å². The Balaban J connectivity index is 0.000000174. The molecule has 0 fully saturated rings. The summed E-state index contributed by atoms with van der Waals surface area (Å²) in [4.78, 5) is 23.1. The number of hydrogen-bond acceptors (Lipinski definition) is 6. The fraction of sp³-hybridized carbons (Fsp3) is 0.218. The molecule has 16 heteroatoms. The number of aryl methyl sites for hydroxylation is 8. The summed E-state index contributed by atoms with van der Waals surface area (Å²) in [6.07, 6.45) is 20.7. The number of furan rings is 1. The van der Waals surface area contributed by atoms with Crippen molar-refractivity contribution in [2.75, 3.05) is 0 Å². The molecule has 2 atom stereocenters. The maximum atomic E-state index is 6.42. The molecule has 0 amide bonds. The smallest absolute Gasteiger partial charge is 0.140 e. The number of nitrogens with zero attached hydrogens (tertiary/aromatic N) is 10.